The van der Waals surface area contributed by atoms with Crippen LogP contribution in [0, 0.1) is 0 Å². The average Bonchev–Trinajstić information content (AvgIpc) is 2.70. The largest absolute Gasteiger partial charge is 0.366 e. The minimum absolute atomic E-state index is 0.300. The first-order valence-corrected chi connectivity index (χ1v) is 7.56. The van der Waals surface area contributed by atoms with Crippen LogP contribution >= 0.6 is 22.9 Å². The van der Waals surface area contributed by atoms with Crippen molar-refractivity contribution in [1.29, 1.82) is 0 Å². The summed E-state index contributed by atoms with van der Waals surface area (Å²) in [7, 11) is 4.11. The van der Waals surface area contributed by atoms with E-state index in [1.165, 1.54) is 4.88 Å². The third-order valence-corrected chi connectivity index (χ3v) is 4.13. The zero-order valence-corrected chi connectivity index (χ0v) is 13.3. The van der Waals surface area contributed by atoms with E-state index in [-0.39, 0.29) is 0 Å². The van der Waals surface area contributed by atoms with Crippen molar-refractivity contribution in [2.45, 2.75) is 26.3 Å². The molecule has 0 radical (unpaired) electrons. The predicted molar refractivity (Wildman–Crippen MR) is 83.4 cm³/mol. The van der Waals surface area contributed by atoms with E-state index in [9.17, 15) is 0 Å². The van der Waals surface area contributed by atoms with Crippen molar-refractivity contribution >= 4 is 39.0 Å². The molecule has 0 fully saturated rings. The first-order chi connectivity index (χ1) is 8.99. The van der Waals surface area contributed by atoms with Crippen LogP contribution in [0.3, 0.4) is 0 Å². The molecule has 0 saturated carbocycles. The van der Waals surface area contributed by atoms with Gasteiger partial charge in [0.2, 0.25) is 5.28 Å². The zero-order valence-electron chi connectivity index (χ0n) is 11.7. The van der Waals surface area contributed by atoms with Crippen LogP contribution in [0.25, 0.3) is 10.2 Å². The molecule has 1 N–H and O–H groups in total. The van der Waals surface area contributed by atoms with E-state index < -0.39 is 0 Å². The fraction of sp³-hybridized carbons (Fsp3) is 0.538. The van der Waals surface area contributed by atoms with Gasteiger partial charge in [-0.05, 0) is 45.1 Å². The number of hydrogen-bond acceptors (Lipinski definition) is 5. The van der Waals surface area contributed by atoms with Crippen molar-refractivity contribution in [1.82, 2.24) is 14.9 Å². The summed E-state index contributed by atoms with van der Waals surface area (Å²) in [5.41, 5.74) is 0. The number of nitrogens with zero attached hydrogens (tertiary/aromatic N) is 3. The topological polar surface area (TPSA) is 41.0 Å². The second kappa shape index (κ2) is 6.03. The molecule has 1 unspecified atom stereocenters. The normalized spacial score (nSPS) is 13.2. The molecule has 0 aromatic carbocycles. The number of nitrogens with one attached hydrogen (secondary N) is 1. The quantitative estimate of drug-likeness (QED) is 0.860. The number of aryl methyl sites for hydroxylation is 1. The maximum atomic E-state index is 6.00. The molecule has 4 nitrogen and oxygen atoms in total. The molecule has 104 valence electrons. The van der Waals surface area contributed by atoms with Crippen molar-refractivity contribution in [3.05, 3.63) is 16.2 Å². The number of rotatable bonds is 5. The summed E-state index contributed by atoms with van der Waals surface area (Å²) >= 11 is 7.68. The highest BCUT2D eigenvalue weighted by Crippen LogP contribution is 2.30. The molecule has 19 heavy (non-hydrogen) atoms. The summed E-state index contributed by atoms with van der Waals surface area (Å²) in [6, 6.07) is 2.45. The molecule has 6 heteroatoms. The Morgan fingerprint density at radius 2 is 2.16 bits per heavy atom. The van der Waals surface area contributed by atoms with Crippen LogP contribution in [0.2, 0.25) is 5.28 Å². The highest BCUT2D eigenvalue weighted by atomic mass is 35.5. The lowest BCUT2D eigenvalue weighted by Gasteiger charge is -2.19. The Kier molecular flexibility index (Phi) is 4.60. The van der Waals surface area contributed by atoms with Crippen LogP contribution in [-0.4, -0.2) is 41.5 Å². The Hall–Kier alpha value is -0.910. The number of hydrogen-bond donors (Lipinski definition) is 1. The van der Waals surface area contributed by atoms with Crippen LogP contribution in [0.4, 0.5) is 5.82 Å². The van der Waals surface area contributed by atoms with E-state index in [2.05, 4.69) is 54.2 Å². The van der Waals surface area contributed by atoms with Crippen LogP contribution in [-0.2, 0) is 6.42 Å². The molecule has 0 bridgehead atoms. The molecule has 0 spiro atoms. The predicted octanol–water partition coefficient (Wildman–Crippen LogP) is 3.27. The van der Waals surface area contributed by atoms with Crippen LogP contribution < -0.4 is 5.32 Å². The van der Waals surface area contributed by atoms with Crippen molar-refractivity contribution in [3.63, 3.8) is 0 Å². The summed E-state index contributed by atoms with van der Waals surface area (Å²) in [4.78, 5) is 13.0. The maximum Gasteiger partial charge on any atom is 0.225 e. The average molecular weight is 299 g/mol. The molecular formula is C13H19ClN4S. The Balaban J connectivity index is 2.33. The Labute approximate surface area is 122 Å². The van der Waals surface area contributed by atoms with E-state index in [0.717, 1.165) is 29.0 Å². The van der Waals surface area contributed by atoms with Crippen LogP contribution in [0.5, 0.6) is 0 Å². The molecule has 0 amide bonds. The Bertz CT molecular complexity index is 567. The molecule has 0 aliphatic heterocycles. The fourth-order valence-electron chi connectivity index (χ4n) is 2.06. The van der Waals surface area contributed by atoms with Gasteiger partial charge in [-0.3, -0.25) is 0 Å². The van der Waals surface area contributed by atoms with Gasteiger partial charge >= 0.3 is 0 Å². The molecular weight excluding hydrogens is 280 g/mol. The minimum atomic E-state index is 0.300. The third kappa shape index (κ3) is 3.55. The summed E-state index contributed by atoms with van der Waals surface area (Å²) in [6.07, 6.45) is 1.01. The number of aromatic nitrogens is 2. The number of fused-ring (bicyclic) bond motifs is 1. The summed E-state index contributed by atoms with van der Waals surface area (Å²) in [5.74, 6) is 0.834. The lowest BCUT2D eigenvalue weighted by Crippen LogP contribution is -2.30. The molecule has 0 saturated heterocycles. The molecule has 2 heterocycles. The molecule has 0 aliphatic rings. The molecule has 1 atom stereocenters. The highest BCUT2D eigenvalue weighted by molar-refractivity contribution is 7.18. The monoisotopic (exact) mass is 298 g/mol. The van der Waals surface area contributed by atoms with Crippen molar-refractivity contribution in [3.8, 4) is 0 Å². The van der Waals surface area contributed by atoms with Gasteiger partial charge < -0.3 is 10.2 Å². The number of halogens is 1. The fourth-order valence-corrected chi connectivity index (χ4v) is 3.24. The molecule has 2 aromatic heterocycles. The van der Waals surface area contributed by atoms with Gasteiger partial charge in [-0.25, -0.2) is 9.97 Å². The second-order valence-corrected chi connectivity index (χ2v) is 6.39. The second-order valence-electron chi connectivity index (χ2n) is 4.93. The third-order valence-electron chi connectivity index (χ3n) is 2.79. The van der Waals surface area contributed by atoms with Crippen LogP contribution in [0.15, 0.2) is 6.07 Å². The van der Waals surface area contributed by atoms with Gasteiger partial charge in [0.1, 0.15) is 10.6 Å². The van der Waals surface area contributed by atoms with Crippen LogP contribution in [0.1, 0.15) is 18.7 Å². The van der Waals surface area contributed by atoms with Gasteiger partial charge in [-0.2, -0.15) is 0 Å². The van der Waals surface area contributed by atoms with Gasteiger partial charge in [-0.1, -0.05) is 6.92 Å². The Morgan fingerprint density at radius 3 is 2.79 bits per heavy atom. The standard InChI is InChI=1S/C13H19ClN4S/c1-5-9-6-10-11(15-8(2)7-18(3)4)16-13(14)17-12(10)19-9/h6,8H,5,7H2,1-4H3,(H,15,16,17). The van der Waals surface area contributed by atoms with Gasteiger partial charge in [-0.15, -0.1) is 11.3 Å². The van der Waals surface area contributed by atoms with E-state index in [1.54, 1.807) is 11.3 Å². The molecule has 0 aliphatic carbocycles. The van der Waals surface area contributed by atoms with E-state index in [1.807, 2.05) is 0 Å². The number of anilines is 1. The minimum Gasteiger partial charge on any atom is -0.366 e. The van der Waals surface area contributed by atoms with E-state index in [0.29, 0.717) is 11.3 Å². The number of thiophene rings is 1. The van der Waals surface area contributed by atoms with Gasteiger partial charge in [0.05, 0.1) is 5.39 Å². The van der Waals surface area contributed by atoms with Gasteiger partial charge in [0.25, 0.3) is 0 Å². The van der Waals surface area contributed by atoms with Gasteiger partial charge in [0, 0.05) is 17.5 Å². The summed E-state index contributed by atoms with van der Waals surface area (Å²) < 4.78 is 0. The highest BCUT2D eigenvalue weighted by Gasteiger charge is 2.12. The van der Waals surface area contributed by atoms with Crippen molar-refractivity contribution in [2.75, 3.05) is 26.0 Å². The first-order valence-electron chi connectivity index (χ1n) is 6.36. The smallest absolute Gasteiger partial charge is 0.225 e. The molecule has 2 aromatic rings. The van der Waals surface area contributed by atoms with Gasteiger partial charge in [0.15, 0.2) is 0 Å². The lowest BCUT2D eigenvalue weighted by atomic mass is 10.2. The molecule has 2 rings (SSSR count). The zero-order chi connectivity index (χ0) is 14.0. The van der Waals surface area contributed by atoms with Crippen molar-refractivity contribution in [2.24, 2.45) is 0 Å². The summed E-state index contributed by atoms with van der Waals surface area (Å²) in [5, 5.41) is 4.79. The Morgan fingerprint density at radius 1 is 1.42 bits per heavy atom. The van der Waals surface area contributed by atoms with E-state index >= 15 is 0 Å². The SMILES string of the molecule is CCc1cc2c(NC(C)CN(C)C)nc(Cl)nc2s1. The number of likely N-dealkylation sites (N-methyl/N-ethyl adjacent to an activating group) is 1. The van der Waals surface area contributed by atoms with Crippen molar-refractivity contribution < 1.29 is 0 Å². The summed E-state index contributed by atoms with van der Waals surface area (Å²) in [6.45, 7) is 5.21. The van der Waals surface area contributed by atoms with E-state index in [4.69, 9.17) is 11.6 Å². The first kappa shape index (κ1) is 14.5. The lowest BCUT2D eigenvalue weighted by molar-refractivity contribution is 0.392. The maximum absolute atomic E-state index is 6.00.